The fourth-order valence-electron chi connectivity index (χ4n) is 6.26. The Morgan fingerprint density at radius 1 is 1.18 bits per heavy atom. The molecule has 3 aliphatic rings. The summed E-state index contributed by atoms with van der Waals surface area (Å²) in [5, 5.41) is 15.9. The van der Waals surface area contributed by atoms with Crippen LogP contribution in [0.25, 0.3) is 11.1 Å². The first-order chi connectivity index (χ1) is 18.3. The van der Waals surface area contributed by atoms with Gasteiger partial charge >= 0.3 is 0 Å². The highest BCUT2D eigenvalue weighted by Crippen LogP contribution is 2.53. The molecule has 5 nitrogen and oxygen atoms in total. The zero-order chi connectivity index (χ0) is 26.8. The fourth-order valence-corrected chi connectivity index (χ4v) is 6.53. The molecule has 1 saturated heterocycles. The lowest BCUT2D eigenvalue weighted by Crippen LogP contribution is -2.48. The maximum absolute atomic E-state index is 16.3. The smallest absolute Gasteiger partial charge is 0.251 e. The van der Waals surface area contributed by atoms with E-state index < -0.39 is 35.4 Å². The van der Waals surface area contributed by atoms with Gasteiger partial charge in [-0.1, -0.05) is 41.9 Å². The zero-order valence-electron chi connectivity index (χ0n) is 20.6. The molecule has 1 fully saturated rings. The van der Waals surface area contributed by atoms with Crippen LogP contribution in [0.1, 0.15) is 51.6 Å². The Morgan fingerprint density at radius 3 is 2.63 bits per heavy atom. The Morgan fingerprint density at radius 2 is 1.95 bits per heavy atom. The van der Waals surface area contributed by atoms with E-state index in [1.165, 1.54) is 19.2 Å². The van der Waals surface area contributed by atoms with Crippen LogP contribution in [0, 0.1) is 11.6 Å². The van der Waals surface area contributed by atoms with Crippen LogP contribution < -0.4 is 15.4 Å². The third-order valence-corrected chi connectivity index (χ3v) is 8.46. The molecule has 0 unspecified atom stereocenters. The number of hydrogen-bond acceptors (Lipinski definition) is 4. The van der Waals surface area contributed by atoms with Gasteiger partial charge in [0.15, 0.2) is 5.60 Å². The van der Waals surface area contributed by atoms with Gasteiger partial charge in [-0.05, 0) is 42.1 Å². The van der Waals surface area contributed by atoms with Crippen molar-refractivity contribution in [3.05, 3.63) is 86.9 Å². The lowest BCUT2D eigenvalue weighted by molar-refractivity contribution is 0.0539. The summed E-state index contributed by atoms with van der Waals surface area (Å²) in [5.41, 5.74) is 0.00900. The molecule has 3 aromatic rings. The molecule has 3 aromatic carbocycles. The summed E-state index contributed by atoms with van der Waals surface area (Å²) in [6.45, 7) is 0.800. The van der Waals surface area contributed by atoms with E-state index in [9.17, 15) is 14.3 Å². The molecule has 1 aliphatic carbocycles. The largest absolute Gasteiger partial charge is 0.480 e. The number of nitrogens with one attached hydrogen (secondary N) is 2. The number of ether oxygens (including phenoxy) is 1. The second-order valence-electron chi connectivity index (χ2n) is 10.1. The molecular formula is C29H26ClF3N2O3. The van der Waals surface area contributed by atoms with Gasteiger partial charge in [-0.2, -0.15) is 0 Å². The molecule has 3 N–H and O–H groups in total. The first-order valence-corrected chi connectivity index (χ1v) is 13.0. The molecule has 2 heterocycles. The number of rotatable bonds is 4. The van der Waals surface area contributed by atoms with Gasteiger partial charge in [0.25, 0.3) is 5.91 Å². The number of alkyl halides is 1. The summed E-state index contributed by atoms with van der Waals surface area (Å²) in [7, 11) is 1.37. The Hall–Kier alpha value is -3.07. The van der Waals surface area contributed by atoms with Crippen LogP contribution in [0.15, 0.2) is 42.5 Å². The molecule has 9 heteroatoms. The monoisotopic (exact) mass is 542 g/mol. The number of carbonyl (C=O) groups is 1. The summed E-state index contributed by atoms with van der Waals surface area (Å²) in [6.07, 6.45) is -1.64. The molecule has 0 aromatic heterocycles. The number of amides is 1. The summed E-state index contributed by atoms with van der Waals surface area (Å²) >= 11 is 6.54. The first kappa shape index (κ1) is 25.2. The second kappa shape index (κ2) is 9.29. The van der Waals surface area contributed by atoms with Crippen LogP contribution in [0.3, 0.4) is 0 Å². The number of hydrogen-bond donors (Lipinski definition) is 3. The summed E-state index contributed by atoms with van der Waals surface area (Å²) in [5.74, 6) is -2.18. The molecular weight excluding hydrogens is 517 g/mol. The number of aliphatic hydroxyl groups is 1. The summed E-state index contributed by atoms with van der Waals surface area (Å²) in [6, 6.07) is 12.0. The fraction of sp³-hybridized carbons (Fsp3) is 0.345. The minimum Gasteiger partial charge on any atom is -0.480 e. The van der Waals surface area contributed by atoms with Crippen LogP contribution in [0.5, 0.6) is 5.75 Å². The van der Waals surface area contributed by atoms with Gasteiger partial charge in [-0.3, -0.25) is 4.79 Å². The van der Waals surface area contributed by atoms with Crippen LogP contribution in [0.4, 0.5) is 13.2 Å². The Balaban J connectivity index is 1.61. The van der Waals surface area contributed by atoms with Crippen molar-refractivity contribution in [1.82, 2.24) is 10.6 Å². The van der Waals surface area contributed by atoms with Crippen LogP contribution in [-0.2, 0) is 18.4 Å². The third-order valence-electron chi connectivity index (χ3n) is 8.09. The third kappa shape index (κ3) is 3.65. The quantitative estimate of drug-likeness (QED) is 0.426. The van der Waals surface area contributed by atoms with Crippen molar-refractivity contribution in [1.29, 1.82) is 0 Å². The molecule has 1 amide bonds. The van der Waals surface area contributed by atoms with Gasteiger partial charge in [-0.15, -0.1) is 0 Å². The molecule has 6 rings (SSSR count). The summed E-state index contributed by atoms with van der Waals surface area (Å²) < 4.78 is 52.6. The topological polar surface area (TPSA) is 70.6 Å². The van der Waals surface area contributed by atoms with Crippen molar-refractivity contribution in [3.8, 4) is 16.9 Å². The van der Waals surface area contributed by atoms with E-state index in [0.29, 0.717) is 5.56 Å². The number of halogens is 4. The van der Waals surface area contributed by atoms with Crippen LogP contribution >= 0.6 is 11.6 Å². The van der Waals surface area contributed by atoms with Crippen molar-refractivity contribution in [2.24, 2.45) is 0 Å². The molecule has 4 atom stereocenters. The average molecular weight is 543 g/mol. The lowest BCUT2D eigenvalue weighted by atomic mass is 9.80. The first-order valence-electron chi connectivity index (χ1n) is 12.7. The Labute approximate surface area is 223 Å². The van der Waals surface area contributed by atoms with E-state index in [1.807, 2.05) is 30.3 Å². The van der Waals surface area contributed by atoms with Gasteiger partial charge in [0.05, 0.1) is 16.6 Å². The van der Waals surface area contributed by atoms with E-state index in [1.54, 1.807) is 0 Å². The Kier molecular flexibility index (Phi) is 6.17. The van der Waals surface area contributed by atoms with Crippen molar-refractivity contribution in [3.63, 3.8) is 0 Å². The van der Waals surface area contributed by atoms with Gasteiger partial charge in [0.1, 0.15) is 29.7 Å². The van der Waals surface area contributed by atoms with Gasteiger partial charge in [-0.25, -0.2) is 13.2 Å². The number of fused-ring (bicyclic) bond motifs is 2. The van der Waals surface area contributed by atoms with Gasteiger partial charge < -0.3 is 20.5 Å². The normalized spacial score (nSPS) is 25.7. The van der Waals surface area contributed by atoms with Crippen molar-refractivity contribution < 1.29 is 27.8 Å². The SMILES string of the molecule is CNC(=O)c1cc2c(c(F)c1-c1c(Cl)c(F)cc3c1C[C@](c1ccccc1)([C@@H]1CCCN1)O3)C[C@H](F)[C@@H]2O. The molecule has 0 saturated carbocycles. The Bertz CT molecular complexity index is 1450. The van der Waals surface area contributed by atoms with Gasteiger partial charge in [0, 0.05) is 42.6 Å². The van der Waals surface area contributed by atoms with Crippen molar-refractivity contribution in [2.45, 2.75) is 49.6 Å². The van der Waals surface area contributed by atoms with Gasteiger partial charge in [0.2, 0.25) is 0 Å². The standard InChI is InChI=1S/C29H26ClF3N2O3/c1-34-28(37)17-10-16-15(11-20(32)27(16)36)26(33)24(17)23-18-13-29(22-8-5-9-35-22,14-6-3-2-4-7-14)38-21(18)12-19(31)25(23)30/h2-4,6-7,10,12,20,22,27,35-36H,5,8-9,11,13H2,1H3,(H,34,37)/t20-,22-,27+,29-/m0/s1. The zero-order valence-corrected chi connectivity index (χ0v) is 21.3. The molecule has 2 aliphatic heterocycles. The molecule has 38 heavy (non-hydrogen) atoms. The highest BCUT2D eigenvalue weighted by molar-refractivity contribution is 6.34. The molecule has 0 spiro atoms. The van der Waals surface area contributed by atoms with E-state index in [-0.39, 0.29) is 57.5 Å². The van der Waals surface area contributed by atoms with Crippen molar-refractivity contribution in [2.75, 3.05) is 13.6 Å². The highest BCUT2D eigenvalue weighted by atomic mass is 35.5. The lowest BCUT2D eigenvalue weighted by Gasteiger charge is -2.35. The highest BCUT2D eigenvalue weighted by Gasteiger charge is 2.50. The second-order valence-corrected chi connectivity index (χ2v) is 10.5. The number of carbonyl (C=O) groups excluding carboxylic acids is 1. The number of benzene rings is 3. The maximum Gasteiger partial charge on any atom is 0.251 e. The minimum atomic E-state index is -1.72. The summed E-state index contributed by atoms with van der Waals surface area (Å²) in [4.78, 5) is 13.0. The van der Waals surface area contributed by atoms with Crippen LogP contribution in [0.2, 0.25) is 5.02 Å². The molecule has 0 radical (unpaired) electrons. The molecule has 0 bridgehead atoms. The van der Waals surface area contributed by atoms with Crippen LogP contribution in [-0.4, -0.2) is 36.8 Å². The number of aliphatic hydroxyl groups excluding tert-OH is 1. The molecule has 198 valence electrons. The van der Waals surface area contributed by atoms with E-state index in [4.69, 9.17) is 16.3 Å². The van der Waals surface area contributed by atoms with Crippen molar-refractivity contribution >= 4 is 17.5 Å². The maximum atomic E-state index is 16.3. The average Bonchev–Trinajstić information content (AvgIpc) is 3.65. The van der Waals surface area contributed by atoms with E-state index >= 15 is 8.78 Å². The predicted molar refractivity (Wildman–Crippen MR) is 137 cm³/mol. The van der Waals surface area contributed by atoms with E-state index in [0.717, 1.165) is 24.9 Å². The van der Waals surface area contributed by atoms with E-state index in [2.05, 4.69) is 10.6 Å². The predicted octanol–water partition coefficient (Wildman–Crippen LogP) is 5.15. The minimum absolute atomic E-state index is 0.00607.